The van der Waals surface area contributed by atoms with Crippen LogP contribution in [0, 0.1) is 11.8 Å². The van der Waals surface area contributed by atoms with Crippen LogP contribution in [-0.2, 0) is 0 Å². The van der Waals surface area contributed by atoms with E-state index in [0.717, 1.165) is 18.4 Å². The summed E-state index contributed by atoms with van der Waals surface area (Å²) in [5, 5.41) is 3.77. The minimum absolute atomic E-state index is 0.304. The molecular weight excluding hydrogens is 242 g/mol. The molecule has 1 aliphatic carbocycles. The summed E-state index contributed by atoms with van der Waals surface area (Å²) in [7, 11) is 0. The first-order valence-electron chi connectivity index (χ1n) is 7.68. The topological polar surface area (TPSA) is 12.0 Å². The molecule has 0 amide bonds. The molecule has 1 saturated carbocycles. The molecule has 1 nitrogen and oxygen atoms in total. The van der Waals surface area contributed by atoms with Crippen LogP contribution in [0.25, 0.3) is 0 Å². The molecule has 0 aromatic heterocycles. The quantitative estimate of drug-likeness (QED) is 0.815. The molecule has 1 aliphatic rings. The summed E-state index contributed by atoms with van der Waals surface area (Å²) in [5.41, 5.74) is 2.70. The van der Waals surface area contributed by atoms with Crippen LogP contribution in [0.1, 0.15) is 36.9 Å². The summed E-state index contributed by atoms with van der Waals surface area (Å²) in [6.45, 7) is 3.47. The highest BCUT2D eigenvalue weighted by atomic mass is 14.9. The van der Waals surface area contributed by atoms with Crippen molar-refractivity contribution in [2.75, 3.05) is 6.54 Å². The van der Waals surface area contributed by atoms with Crippen molar-refractivity contribution in [3.8, 4) is 0 Å². The minimum Gasteiger partial charge on any atom is -0.306 e. The zero-order valence-corrected chi connectivity index (χ0v) is 12.1. The van der Waals surface area contributed by atoms with Crippen molar-refractivity contribution in [3.05, 3.63) is 71.8 Å². The third-order valence-electron chi connectivity index (χ3n) is 4.34. The van der Waals surface area contributed by atoms with E-state index < -0.39 is 0 Å². The fourth-order valence-corrected chi connectivity index (χ4v) is 2.85. The number of hydrogen-bond acceptors (Lipinski definition) is 1. The van der Waals surface area contributed by atoms with Gasteiger partial charge in [0.05, 0.1) is 6.04 Å². The standard InChI is InChI=1S/C19H23N/c1-15(16-12-13-16)14-20-19(17-8-4-2-5-9-17)18-10-6-3-7-11-18/h2-11,15-16,19-20H,12-14H2,1H3. The maximum absolute atomic E-state index is 3.77. The zero-order chi connectivity index (χ0) is 13.8. The molecule has 0 spiro atoms. The summed E-state index contributed by atoms with van der Waals surface area (Å²) >= 11 is 0. The molecule has 1 fully saturated rings. The SMILES string of the molecule is CC(CNC(c1ccccc1)c1ccccc1)C1CC1. The molecule has 0 bridgehead atoms. The second-order valence-electron chi connectivity index (χ2n) is 5.98. The Morgan fingerprint density at radius 3 is 1.85 bits per heavy atom. The van der Waals surface area contributed by atoms with Gasteiger partial charge in [-0.2, -0.15) is 0 Å². The largest absolute Gasteiger partial charge is 0.306 e. The summed E-state index contributed by atoms with van der Waals surface area (Å²) in [5.74, 6) is 1.74. The molecule has 0 saturated heterocycles. The summed E-state index contributed by atoms with van der Waals surface area (Å²) < 4.78 is 0. The van der Waals surface area contributed by atoms with Crippen LogP contribution in [0.15, 0.2) is 60.7 Å². The van der Waals surface area contributed by atoms with Crippen molar-refractivity contribution in [2.24, 2.45) is 11.8 Å². The molecule has 1 atom stereocenters. The Labute approximate surface area is 122 Å². The van der Waals surface area contributed by atoms with Gasteiger partial charge in [0.2, 0.25) is 0 Å². The van der Waals surface area contributed by atoms with Gasteiger partial charge in [0.15, 0.2) is 0 Å². The van der Waals surface area contributed by atoms with E-state index in [-0.39, 0.29) is 0 Å². The Balaban J connectivity index is 1.76. The number of benzene rings is 2. The third kappa shape index (κ3) is 3.29. The van der Waals surface area contributed by atoms with Crippen LogP contribution in [0.2, 0.25) is 0 Å². The van der Waals surface area contributed by atoms with Gasteiger partial charge in [-0.25, -0.2) is 0 Å². The molecule has 1 heteroatoms. The molecule has 0 heterocycles. The second kappa shape index (κ2) is 6.23. The first-order chi connectivity index (χ1) is 9.84. The van der Waals surface area contributed by atoms with Gasteiger partial charge in [-0.15, -0.1) is 0 Å². The average molecular weight is 265 g/mol. The van der Waals surface area contributed by atoms with E-state index in [1.165, 1.54) is 24.0 Å². The van der Waals surface area contributed by atoms with Gasteiger partial charge < -0.3 is 5.32 Å². The third-order valence-corrected chi connectivity index (χ3v) is 4.34. The average Bonchev–Trinajstić information content (AvgIpc) is 3.34. The zero-order valence-electron chi connectivity index (χ0n) is 12.1. The Morgan fingerprint density at radius 2 is 1.40 bits per heavy atom. The van der Waals surface area contributed by atoms with Gasteiger partial charge in [-0.1, -0.05) is 67.6 Å². The lowest BCUT2D eigenvalue weighted by Gasteiger charge is -2.22. The molecule has 1 N–H and O–H groups in total. The van der Waals surface area contributed by atoms with Crippen LogP contribution in [0.3, 0.4) is 0 Å². The van der Waals surface area contributed by atoms with Crippen molar-refractivity contribution in [3.63, 3.8) is 0 Å². The van der Waals surface area contributed by atoms with E-state index >= 15 is 0 Å². The lowest BCUT2D eigenvalue weighted by Crippen LogP contribution is -2.28. The molecule has 1 unspecified atom stereocenters. The van der Waals surface area contributed by atoms with Gasteiger partial charge >= 0.3 is 0 Å². The lowest BCUT2D eigenvalue weighted by atomic mass is 9.97. The van der Waals surface area contributed by atoms with E-state index in [1.54, 1.807) is 0 Å². The first-order valence-corrected chi connectivity index (χ1v) is 7.68. The maximum Gasteiger partial charge on any atom is 0.0576 e. The fraction of sp³-hybridized carbons (Fsp3) is 0.368. The molecule has 3 rings (SSSR count). The molecule has 20 heavy (non-hydrogen) atoms. The van der Waals surface area contributed by atoms with Gasteiger partial charge in [0.25, 0.3) is 0 Å². The second-order valence-corrected chi connectivity index (χ2v) is 5.98. The van der Waals surface area contributed by atoms with Crippen LogP contribution in [0.4, 0.5) is 0 Å². The van der Waals surface area contributed by atoms with Crippen LogP contribution >= 0.6 is 0 Å². The Hall–Kier alpha value is -1.60. The summed E-state index contributed by atoms with van der Waals surface area (Å²) in [4.78, 5) is 0. The molecule has 0 radical (unpaired) electrons. The maximum atomic E-state index is 3.77. The predicted molar refractivity (Wildman–Crippen MR) is 84.6 cm³/mol. The van der Waals surface area contributed by atoms with E-state index in [9.17, 15) is 0 Å². The molecule has 2 aromatic carbocycles. The summed E-state index contributed by atoms with van der Waals surface area (Å²) in [6.07, 6.45) is 2.84. The number of hydrogen-bond donors (Lipinski definition) is 1. The molecule has 104 valence electrons. The number of rotatable bonds is 6. The van der Waals surface area contributed by atoms with E-state index in [4.69, 9.17) is 0 Å². The Bertz CT molecular complexity index is 476. The first kappa shape index (κ1) is 13.4. The van der Waals surface area contributed by atoms with Crippen molar-refractivity contribution in [1.82, 2.24) is 5.32 Å². The lowest BCUT2D eigenvalue weighted by molar-refractivity contribution is 0.441. The minimum atomic E-state index is 0.304. The van der Waals surface area contributed by atoms with Gasteiger partial charge in [-0.05, 0) is 42.3 Å². The van der Waals surface area contributed by atoms with Crippen molar-refractivity contribution in [1.29, 1.82) is 0 Å². The van der Waals surface area contributed by atoms with Crippen molar-refractivity contribution >= 4 is 0 Å². The highest BCUT2D eigenvalue weighted by molar-refractivity contribution is 5.31. The van der Waals surface area contributed by atoms with Gasteiger partial charge in [0, 0.05) is 0 Å². The number of nitrogens with one attached hydrogen (secondary N) is 1. The highest BCUT2D eigenvalue weighted by Gasteiger charge is 2.28. The van der Waals surface area contributed by atoms with Crippen molar-refractivity contribution < 1.29 is 0 Å². The predicted octanol–water partition coefficient (Wildman–Crippen LogP) is 4.41. The van der Waals surface area contributed by atoms with Crippen LogP contribution in [-0.4, -0.2) is 6.54 Å². The highest BCUT2D eigenvalue weighted by Crippen LogP contribution is 2.36. The van der Waals surface area contributed by atoms with E-state index in [2.05, 4.69) is 72.9 Å². The molecular formula is C19H23N. The summed E-state index contributed by atoms with van der Waals surface area (Å²) in [6, 6.07) is 21.8. The van der Waals surface area contributed by atoms with Crippen LogP contribution < -0.4 is 5.32 Å². The van der Waals surface area contributed by atoms with E-state index in [0.29, 0.717) is 6.04 Å². The molecule has 2 aromatic rings. The monoisotopic (exact) mass is 265 g/mol. The Morgan fingerprint density at radius 1 is 0.900 bits per heavy atom. The molecule has 0 aliphatic heterocycles. The normalized spacial score (nSPS) is 16.3. The Kier molecular flexibility index (Phi) is 4.17. The van der Waals surface area contributed by atoms with E-state index in [1.807, 2.05) is 0 Å². The van der Waals surface area contributed by atoms with Crippen molar-refractivity contribution in [2.45, 2.75) is 25.8 Å². The van der Waals surface area contributed by atoms with Gasteiger partial charge in [0.1, 0.15) is 0 Å². The van der Waals surface area contributed by atoms with Crippen LogP contribution in [0.5, 0.6) is 0 Å². The van der Waals surface area contributed by atoms with Gasteiger partial charge in [-0.3, -0.25) is 0 Å². The smallest absolute Gasteiger partial charge is 0.0576 e. The fourth-order valence-electron chi connectivity index (χ4n) is 2.85.